The van der Waals surface area contributed by atoms with Crippen LogP contribution in [-0.4, -0.2) is 57.8 Å². The standard InChI is InChI=1S/C18H32N4O2.HI/c1-7-22(8-2)14(3)12-20-18(19-4)21-13-15-9-10-16(23-5)17(11-15)24-6;/h9-11,14H,7-8,12-13H2,1-6H3,(H2,19,20,21);1H. The van der Waals surface area contributed by atoms with Gasteiger partial charge in [-0.15, -0.1) is 24.0 Å². The maximum Gasteiger partial charge on any atom is 0.191 e. The zero-order valence-corrected chi connectivity index (χ0v) is 18.6. The highest BCUT2D eigenvalue weighted by molar-refractivity contribution is 14.0. The van der Waals surface area contributed by atoms with Gasteiger partial charge in [0.2, 0.25) is 0 Å². The largest absolute Gasteiger partial charge is 0.493 e. The van der Waals surface area contributed by atoms with E-state index in [1.54, 1.807) is 21.3 Å². The lowest BCUT2D eigenvalue weighted by Crippen LogP contribution is -2.45. The van der Waals surface area contributed by atoms with Crippen LogP contribution in [0.5, 0.6) is 11.5 Å². The number of aliphatic imine (C=N–C) groups is 1. The van der Waals surface area contributed by atoms with Gasteiger partial charge in [-0.2, -0.15) is 0 Å². The molecule has 0 aliphatic carbocycles. The Morgan fingerprint density at radius 1 is 1.12 bits per heavy atom. The molecule has 0 bridgehead atoms. The van der Waals surface area contributed by atoms with Crippen molar-refractivity contribution in [2.24, 2.45) is 4.99 Å². The molecule has 0 aliphatic rings. The van der Waals surface area contributed by atoms with Gasteiger partial charge >= 0.3 is 0 Å². The molecule has 0 saturated heterocycles. The minimum absolute atomic E-state index is 0. The molecule has 1 atom stereocenters. The molecular weight excluding hydrogens is 431 g/mol. The van der Waals surface area contributed by atoms with Crippen LogP contribution in [-0.2, 0) is 6.54 Å². The number of nitrogens with one attached hydrogen (secondary N) is 2. The van der Waals surface area contributed by atoms with Crippen LogP contribution in [0.4, 0.5) is 0 Å². The summed E-state index contributed by atoms with van der Waals surface area (Å²) in [6, 6.07) is 6.35. The monoisotopic (exact) mass is 464 g/mol. The van der Waals surface area contributed by atoms with Crippen LogP contribution in [0.3, 0.4) is 0 Å². The third kappa shape index (κ3) is 7.68. The van der Waals surface area contributed by atoms with Crippen LogP contribution in [0.1, 0.15) is 26.3 Å². The highest BCUT2D eigenvalue weighted by Crippen LogP contribution is 2.27. The molecule has 0 radical (unpaired) electrons. The van der Waals surface area contributed by atoms with Gasteiger partial charge in [-0.05, 0) is 37.7 Å². The van der Waals surface area contributed by atoms with E-state index in [2.05, 4.69) is 41.3 Å². The highest BCUT2D eigenvalue weighted by atomic mass is 127. The predicted octanol–water partition coefficient (Wildman–Crippen LogP) is 2.72. The van der Waals surface area contributed by atoms with Crippen molar-refractivity contribution in [1.82, 2.24) is 15.5 Å². The Morgan fingerprint density at radius 3 is 2.28 bits per heavy atom. The van der Waals surface area contributed by atoms with Crippen molar-refractivity contribution in [3.8, 4) is 11.5 Å². The molecule has 1 aromatic rings. The van der Waals surface area contributed by atoms with Crippen LogP contribution < -0.4 is 20.1 Å². The van der Waals surface area contributed by atoms with Crippen LogP contribution >= 0.6 is 24.0 Å². The van der Waals surface area contributed by atoms with Crippen molar-refractivity contribution in [2.75, 3.05) is 40.9 Å². The summed E-state index contributed by atoms with van der Waals surface area (Å²) in [5.41, 5.74) is 1.10. The number of rotatable bonds is 9. The van der Waals surface area contributed by atoms with E-state index in [9.17, 15) is 0 Å². The number of nitrogens with zero attached hydrogens (tertiary/aromatic N) is 2. The molecule has 1 aromatic carbocycles. The Bertz CT molecular complexity index is 522. The van der Waals surface area contributed by atoms with Crippen molar-refractivity contribution in [3.63, 3.8) is 0 Å². The molecular formula is C18H33IN4O2. The second kappa shape index (κ2) is 13.0. The van der Waals surface area contributed by atoms with Gasteiger partial charge in [0.1, 0.15) is 0 Å². The molecule has 0 spiro atoms. The second-order valence-corrected chi connectivity index (χ2v) is 5.57. The van der Waals surface area contributed by atoms with Gasteiger partial charge in [0.05, 0.1) is 14.2 Å². The quantitative estimate of drug-likeness (QED) is 0.335. The van der Waals surface area contributed by atoms with Crippen LogP contribution in [0, 0.1) is 0 Å². The average molecular weight is 464 g/mol. The van der Waals surface area contributed by atoms with Crippen molar-refractivity contribution in [2.45, 2.75) is 33.4 Å². The van der Waals surface area contributed by atoms with E-state index in [1.807, 2.05) is 18.2 Å². The number of hydrogen-bond acceptors (Lipinski definition) is 4. The van der Waals surface area contributed by atoms with Gasteiger partial charge in [0.15, 0.2) is 17.5 Å². The van der Waals surface area contributed by atoms with Crippen molar-refractivity contribution < 1.29 is 9.47 Å². The van der Waals surface area contributed by atoms with Gasteiger partial charge in [0, 0.05) is 26.2 Å². The maximum absolute atomic E-state index is 5.34. The van der Waals surface area contributed by atoms with Crippen molar-refractivity contribution in [3.05, 3.63) is 23.8 Å². The Kier molecular flexibility index (Phi) is 12.4. The van der Waals surface area contributed by atoms with Crippen LogP contribution in [0.2, 0.25) is 0 Å². The molecule has 0 saturated carbocycles. The number of benzene rings is 1. The summed E-state index contributed by atoms with van der Waals surface area (Å²) < 4.78 is 10.6. The van der Waals surface area contributed by atoms with Crippen LogP contribution in [0.15, 0.2) is 23.2 Å². The topological polar surface area (TPSA) is 58.1 Å². The SMILES string of the molecule is CCN(CC)C(C)CNC(=NC)NCc1ccc(OC)c(OC)c1.I. The summed E-state index contributed by atoms with van der Waals surface area (Å²) >= 11 is 0. The molecule has 25 heavy (non-hydrogen) atoms. The Balaban J connectivity index is 0.00000576. The first-order valence-electron chi connectivity index (χ1n) is 8.48. The fourth-order valence-electron chi connectivity index (χ4n) is 2.62. The first kappa shape index (κ1) is 23.8. The molecule has 2 N–H and O–H groups in total. The van der Waals surface area contributed by atoms with Gasteiger partial charge < -0.3 is 20.1 Å². The molecule has 0 aromatic heterocycles. The van der Waals surface area contributed by atoms with Gasteiger partial charge in [-0.3, -0.25) is 9.89 Å². The van der Waals surface area contributed by atoms with Gasteiger partial charge in [0.25, 0.3) is 0 Å². The number of likely N-dealkylation sites (N-methyl/N-ethyl adjacent to an activating group) is 1. The molecule has 0 heterocycles. The molecule has 144 valence electrons. The lowest BCUT2D eigenvalue weighted by molar-refractivity contribution is 0.231. The van der Waals surface area contributed by atoms with E-state index in [-0.39, 0.29) is 24.0 Å². The Morgan fingerprint density at radius 2 is 1.76 bits per heavy atom. The molecule has 0 aliphatic heterocycles. The minimum atomic E-state index is 0. The van der Waals surface area contributed by atoms with E-state index < -0.39 is 0 Å². The van der Waals surface area contributed by atoms with Crippen molar-refractivity contribution >= 4 is 29.9 Å². The fourth-order valence-corrected chi connectivity index (χ4v) is 2.62. The molecule has 0 amide bonds. The second-order valence-electron chi connectivity index (χ2n) is 5.57. The summed E-state index contributed by atoms with van der Waals surface area (Å²) in [4.78, 5) is 6.69. The molecule has 1 unspecified atom stereocenters. The first-order valence-corrected chi connectivity index (χ1v) is 8.48. The van der Waals surface area contributed by atoms with E-state index in [0.29, 0.717) is 12.6 Å². The summed E-state index contributed by atoms with van der Waals surface area (Å²) in [7, 11) is 5.06. The van der Waals surface area contributed by atoms with Crippen molar-refractivity contribution in [1.29, 1.82) is 0 Å². The Labute approximate surface area is 169 Å². The molecule has 7 heteroatoms. The zero-order valence-electron chi connectivity index (χ0n) is 16.3. The Hall–Kier alpha value is -1.22. The smallest absolute Gasteiger partial charge is 0.191 e. The number of ether oxygens (including phenoxy) is 2. The average Bonchev–Trinajstić information content (AvgIpc) is 2.62. The zero-order chi connectivity index (χ0) is 17.9. The molecule has 1 rings (SSSR count). The predicted molar refractivity (Wildman–Crippen MR) is 116 cm³/mol. The molecule has 6 nitrogen and oxygen atoms in total. The first-order chi connectivity index (χ1) is 11.6. The summed E-state index contributed by atoms with van der Waals surface area (Å²) in [6.07, 6.45) is 0. The number of hydrogen-bond donors (Lipinski definition) is 2. The van der Waals surface area contributed by atoms with E-state index in [0.717, 1.165) is 42.7 Å². The lowest BCUT2D eigenvalue weighted by Gasteiger charge is -2.27. The number of halogens is 1. The van der Waals surface area contributed by atoms with E-state index in [4.69, 9.17) is 9.47 Å². The van der Waals surface area contributed by atoms with E-state index in [1.165, 1.54) is 0 Å². The van der Waals surface area contributed by atoms with Crippen LogP contribution in [0.25, 0.3) is 0 Å². The van der Waals surface area contributed by atoms with E-state index >= 15 is 0 Å². The third-order valence-corrected chi connectivity index (χ3v) is 4.13. The highest BCUT2D eigenvalue weighted by Gasteiger charge is 2.10. The maximum atomic E-state index is 5.34. The lowest BCUT2D eigenvalue weighted by atomic mass is 10.2. The van der Waals surface area contributed by atoms with Gasteiger partial charge in [-0.1, -0.05) is 19.9 Å². The summed E-state index contributed by atoms with van der Waals surface area (Å²) in [5.74, 6) is 2.26. The minimum Gasteiger partial charge on any atom is -0.493 e. The molecule has 0 fully saturated rings. The third-order valence-electron chi connectivity index (χ3n) is 4.13. The fraction of sp³-hybridized carbons (Fsp3) is 0.611. The summed E-state index contributed by atoms with van der Waals surface area (Å²) in [6.45, 7) is 10.2. The number of methoxy groups -OCH3 is 2. The van der Waals surface area contributed by atoms with Gasteiger partial charge in [-0.25, -0.2) is 0 Å². The number of guanidine groups is 1. The normalized spacial score (nSPS) is 12.4. The summed E-state index contributed by atoms with van der Waals surface area (Å²) in [5, 5.41) is 6.71.